The van der Waals surface area contributed by atoms with E-state index in [0.29, 0.717) is 22.7 Å². The van der Waals surface area contributed by atoms with E-state index in [0.717, 1.165) is 0 Å². The van der Waals surface area contributed by atoms with E-state index >= 15 is 0 Å². The minimum absolute atomic E-state index is 0.0288. The first-order valence-electron chi connectivity index (χ1n) is 7.42. The van der Waals surface area contributed by atoms with Crippen molar-refractivity contribution in [2.24, 2.45) is 0 Å². The van der Waals surface area contributed by atoms with Crippen LogP contribution in [0.4, 0.5) is 11.5 Å². The fourth-order valence-electron chi connectivity index (χ4n) is 1.92. The van der Waals surface area contributed by atoms with Gasteiger partial charge in [0.05, 0.1) is 14.2 Å². The van der Waals surface area contributed by atoms with E-state index in [1.54, 1.807) is 25.1 Å². The molecule has 3 N–H and O–H groups in total. The van der Waals surface area contributed by atoms with Crippen LogP contribution in [0.2, 0.25) is 0 Å². The Morgan fingerprint density at radius 3 is 2.08 bits per heavy atom. The summed E-state index contributed by atoms with van der Waals surface area (Å²) in [6.07, 6.45) is 0. The highest BCUT2D eigenvalue weighted by molar-refractivity contribution is 5.94. The second kappa shape index (κ2) is 8.61. The average molecular weight is 334 g/mol. The Balaban J connectivity index is 0.00000139. The summed E-state index contributed by atoms with van der Waals surface area (Å²) in [6.45, 7) is 5.55. The molecule has 0 atom stereocenters. The van der Waals surface area contributed by atoms with E-state index in [2.05, 4.69) is 10.3 Å². The second-order valence-corrected chi connectivity index (χ2v) is 4.60. The van der Waals surface area contributed by atoms with E-state index < -0.39 is 5.97 Å². The molecule has 0 saturated heterocycles. The number of aromatic nitrogens is 1. The van der Waals surface area contributed by atoms with Gasteiger partial charge in [0.15, 0.2) is 0 Å². The van der Waals surface area contributed by atoms with Gasteiger partial charge in [-0.15, -0.1) is 0 Å². The average Bonchev–Trinajstić information content (AvgIpc) is 2.59. The molecular formula is C17H22N2O5. The van der Waals surface area contributed by atoms with Gasteiger partial charge in [-0.3, -0.25) is 4.79 Å². The van der Waals surface area contributed by atoms with Crippen molar-refractivity contribution in [2.45, 2.75) is 20.8 Å². The molecule has 0 radical (unpaired) electrons. The summed E-state index contributed by atoms with van der Waals surface area (Å²) in [4.78, 5) is 25.5. The minimum atomic E-state index is -1.14. The number of aryl methyl sites for hydroxylation is 1. The van der Waals surface area contributed by atoms with Crippen molar-refractivity contribution in [3.05, 3.63) is 45.7 Å². The lowest BCUT2D eigenvalue weighted by molar-refractivity contribution is 0.0697. The van der Waals surface area contributed by atoms with Crippen molar-refractivity contribution >= 4 is 17.5 Å². The summed E-state index contributed by atoms with van der Waals surface area (Å²) in [5.41, 5.74) is 0.464. The Hall–Kier alpha value is -2.96. The van der Waals surface area contributed by atoms with Gasteiger partial charge in [-0.25, -0.2) is 4.79 Å². The number of benzene rings is 1. The normalized spacial score (nSPS) is 9.54. The van der Waals surface area contributed by atoms with E-state index in [1.165, 1.54) is 20.3 Å². The number of carbonyl (C=O) groups is 1. The number of carboxylic acid groups (broad SMARTS) is 1. The first kappa shape index (κ1) is 19.1. The number of rotatable bonds is 5. The molecule has 1 aromatic heterocycles. The number of carboxylic acids is 1. The zero-order valence-corrected chi connectivity index (χ0v) is 14.4. The lowest BCUT2D eigenvalue weighted by atomic mass is 10.2. The zero-order valence-electron chi connectivity index (χ0n) is 14.4. The standard InChI is InChI=1S/C15H16N2O5.C2H6/c1-8-4-12(15(19)20)13(17-14(8)18)16-9-5-10(21-2)7-11(6-9)22-3;1-2/h4-7H,1-3H3,(H,19,20)(H2,16,17,18);1-2H3. The molecule has 0 spiro atoms. The smallest absolute Gasteiger partial charge is 0.339 e. The zero-order chi connectivity index (χ0) is 18.3. The van der Waals surface area contributed by atoms with Crippen LogP contribution in [0.5, 0.6) is 11.5 Å². The lowest BCUT2D eigenvalue weighted by Gasteiger charge is -2.12. The molecule has 2 rings (SSSR count). The predicted octanol–water partition coefficient (Wildman–Crippen LogP) is 3.17. The molecule has 0 aliphatic carbocycles. The highest BCUT2D eigenvalue weighted by Crippen LogP contribution is 2.28. The number of ether oxygens (including phenoxy) is 2. The Labute approximate surface area is 140 Å². The molecule has 24 heavy (non-hydrogen) atoms. The van der Waals surface area contributed by atoms with Crippen LogP contribution in [0.25, 0.3) is 0 Å². The van der Waals surface area contributed by atoms with Crippen molar-refractivity contribution in [3.8, 4) is 11.5 Å². The number of anilines is 2. The Kier molecular flexibility index (Phi) is 6.85. The highest BCUT2D eigenvalue weighted by Gasteiger charge is 2.14. The van der Waals surface area contributed by atoms with Gasteiger partial charge < -0.3 is 24.9 Å². The van der Waals surface area contributed by atoms with Gasteiger partial charge in [0.25, 0.3) is 5.56 Å². The molecule has 0 aliphatic heterocycles. The molecule has 1 aromatic carbocycles. The molecule has 7 nitrogen and oxygen atoms in total. The van der Waals surface area contributed by atoms with E-state index in [4.69, 9.17) is 9.47 Å². The van der Waals surface area contributed by atoms with Gasteiger partial charge in [-0.2, -0.15) is 0 Å². The Morgan fingerprint density at radius 2 is 1.62 bits per heavy atom. The molecule has 130 valence electrons. The first-order chi connectivity index (χ1) is 11.4. The molecule has 0 amide bonds. The lowest BCUT2D eigenvalue weighted by Crippen LogP contribution is -2.16. The van der Waals surface area contributed by atoms with Crippen LogP contribution in [0.15, 0.2) is 29.1 Å². The number of hydrogen-bond donors (Lipinski definition) is 3. The summed E-state index contributed by atoms with van der Waals surface area (Å²) >= 11 is 0. The fraction of sp³-hybridized carbons (Fsp3) is 0.294. The number of nitrogens with one attached hydrogen (secondary N) is 2. The number of H-pyrrole nitrogens is 1. The van der Waals surface area contributed by atoms with Crippen molar-refractivity contribution in [2.75, 3.05) is 19.5 Å². The number of aromatic amines is 1. The largest absolute Gasteiger partial charge is 0.497 e. The molecule has 0 saturated carbocycles. The van der Waals surface area contributed by atoms with Crippen LogP contribution < -0.4 is 20.3 Å². The monoisotopic (exact) mass is 334 g/mol. The number of aromatic carboxylic acids is 1. The number of hydrogen-bond acceptors (Lipinski definition) is 5. The minimum Gasteiger partial charge on any atom is -0.497 e. The maximum Gasteiger partial charge on any atom is 0.339 e. The third-order valence-corrected chi connectivity index (χ3v) is 3.08. The third-order valence-electron chi connectivity index (χ3n) is 3.08. The number of pyridine rings is 1. The molecular weight excluding hydrogens is 312 g/mol. The summed E-state index contributed by atoms with van der Waals surface area (Å²) in [6, 6.07) is 6.32. The summed E-state index contributed by atoms with van der Waals surface area (Å²) < 4.78 is 10.3. The van der Waals surface area contributed by atoms with Crippen LogP contribution in [-0.4, -0.2) is 30.3 Å². The summed E-state index contributed by atoms with van der Waals surface area (Å²) in [7, 11) is 3.02. The van der Waals surface area contributed by atoms with E-state index in [-0.39, 0.29) is 16.9 Å². The molecule has 0 fully saturated rings. The molecule has 0 aliphatic rings. The maximum absolute atomic E-state index is 11.7. The van der Waals surface area contributed by atoms with Gasteiger partial charge in [-0.05, 0) is 13.0 Å². The van der Waals surface area contributed by atoms with Crippen LogP contribution in [0.1, 0.15) is 29.8 Å². The van der Waals surface area contributed by atoms with Gasteiger partial charge in [0, 0.05) is 29.4 Å². The molecule has 1 heterocycles. The first-order valence-corrected chi connectivity index (χ1v) is 7.42. The van der Waals surface area contributed by atoms with Crippen LogP contribution in [-0.2, 0) is 0 Å². The van der Waals surface area contributed by atoms with E-state index in [1.807, 2.05) is 13.8 Å². The SMILES string of the molecule is CC.COc1cc(Nc2[nH]c(=O)c(C)cc2C(=O)O)cc(OC)c1. The van der Waals surface area contributed by atoms with Gasteiger partial charge in [0.1, 0.15) is 22.9 Å². The quantitative estimate of drug-likeness (QED) is 0.776. The van der Waals surface area contributed by atoms with Crippen molar-refractivity contribution in [1.82, 2.24) is 4.98 Å². The third kappa shape index (κ3) is 4.52. The molecule has 0 bridgehead atoms. The summed E-state index contributed by atoms with van der Waals surface area (Å²) in [5, 5.41) is 12.1. The van der Waals surface area contributed by atoms with Crippen molar-refractivity contribution in [3.63, 3.8) is 0 Å². The topological polar surface area (TPSA) is 101 Å². The van der Waals surface area contributed by atoms with Crippen molar-refractivity contribution < 1.29 is 19.4 Å². The second-order valence-electron chi connectivity index (χ2n) is 4.60. The van der Waals surface area contributed by atoms with Gasteiger partial charge in [-0.1, -0.05) is 13.8 Å². The Morgan fingerprint density at radius 1 is 1.08 bits per heavy atom. The van der Waals surface area contributed by atoms with Gasteiger partial charge in [0.2, 0.25) is 0 Å². The molecule has 0 unspecified atom stereocenters. The van der Waals surface area contributed by atoms with Crippen LogP contribution in [0.3, 0.4) is 0 Å². The summed E-state index contributed by atoms with van der Waals surface area (Å²) in [5.74, 6) is 0.0245. The van der Waals surface area contributed by atoms with Crippen molar-refractivity contribution in [1.29, 1.82) is 0 Å². The number of methoxy groups -OCH3 is 2. The molecule has 7 heteroatoms. The Bertz CT molecular complexity index is 746. The highest BCUT2D eigenvalue weighted by atomic mass is 16.5. The van der Waals surface area contributed by atoms with Gasteiger partial charge >= 0.3 is 5.97 Å². The van der Waals surface area contributed by atoms with Crippen LogP contribution in [0, 0.1) is 6.92 Å². The fourth-order valence-corrected chi connectivity index (χ4v) is 1.92. The predicted molar refractivity (Wildman–Crippen MR) is 92.9 cm³/mol. The van der Waals surface area contributed by atoms with E-state index in [9.17, 15) is 14.7 Å². The molecule has 2 aromatic rings. The van der Waals surface area contributed by atoms with Crippen LogP contribution >= 0.6 is 0 Å². The maximum atomic E-state index is 11.7.